The fraction of sp³-hybridized carbons (Fsp3) is 0.929. The predicted octanol–water partition coefficient (Wildman–Crippen LogP) is 3.16. The van der Waals surface area contributed by atoms with Crippen LogP contribution in [0.15, 0.2) is 0 Å². The van der Waals surface area contributed by atoms with Gasteiger partial charge in [0.05, 0.1) is 10.8 Å². The predicted molar refractivity (Wildman–Crippen MR) is 73.1 cm³/mol. The van der Waals surface area contributed by atoms with Gasteiger partial charge in [0.25, 0.3) is 0 Å². The van der Waals surface area contributed by atoms with Crippen molar-refractivity contribution in [2.24, 2.45) is 22.7 Å². The van der Waals surface area contributed by atoms with Crippen LogP contribution in [0.25, 0.3) is 0 Å². The van der Waals surface area contributed by atoms with E-state index in [1.54, 1.807) is 0 Å². The lowest BCUT2D eigenvalue weighted by Gasteiger charge is -2.60. The molecule has 4 aliphatic rings. The van der Waals surface area contributed by atoms with Crippen molar-refractivity contribution in [1.82, 2.24) is 0 Å². The monoisotopic (exact) mass is 392 g/mol. The summed E-state index contributed by atoms with van der Waals surface area (Å²) in [5.41, 5.74) is -3.53. The molecule has 4 saturated carbocycles. The standard InChI is InChI=1S/C14H17F5O5S/c15-13(16,25(21,22)23)7-24-10(20)11-2-8-1-9(3-11)5-12(4-8,6-11)14(17,18)19/h8-9H,1-7H2,(H,21,22,23). The van der Waals surface area contributed by atoms with Gasteiger partial charge in [0.2, 0.25) is 0 Å². The van der Waals surface area contributed by atoms with E-state index in [0.717, 1.165) is 0 Å². The molecule has 2 atom stereocenters. The summed E-state index contributed by atoms with van der Waals surface area (Å²) in [5, 5.41) is -4.70. The molecule has 2 unspecified atom stereocenters. The first-order valence-electron chi connectivity index (χ1n) is 7.79. The molecule has 0 spiro atoms. The molecule has 4 fully saturated rings. The lowest BCUT2D eigenvalue weighted by atomic mass is 9.44. The van der Waals surface area contributed by atoms with Crippen molar-refractivity contribution in [3.8, 4) is 0 Å². The van der Waals surface area contributed by atoms with E-state index in [1.807, 2.05) is 0 Å². The van der Waals surface area contributed by atoms with E-state index in [2.05, 4.69) is 4.74 Å². The van der Waals surface area contributed by atoms with Gasteiger partial charge >= 0.3 is 27.5 Å². The Bertz CT molecular complexity index is 672. The van der Waals surface area contributed by atoms with E-state index >= 15 is 0 Å². The smallest absolute Gasteiger partial charge is 0.402 e. The fourth-order valence-electron chi connectivity index (χ4n) is 5.21. The van der Waals surface area contributed by atoms with Crippen molar-refractivity contribution in [1.29, 1.82) is 0 Å². The van der Waals surface area contributed by atoms with Crippen LogP contribution in [0.4, 0.5) is 22.0 Å². The molecule has 0 heterocycles. The molecule has 0 aliphatic heterocycles. The molecule has 144 valence electrons. The van der Waals surface area contributed by atoms with Crippen LogP contribution in [0.1, 0.15) is 38.5 Å². The first-order valence-corrected chi connectivity index (χ1v) is 9.23. The molecule has 25 heavy (non-hydrogen) atoms. The highest BCUT2D eigenvalue weighted by Crippen LogP contribution is 2.69. The van der Waals surface area contributed by atoms with E-state index in [9.17, 15) is 35.2 Å². The van der Waals surface area contributed by atoms with E-state index in [1.165, 1.54) is 0 Å². The molecule has 4 rings (SSSR count). The second-order valence-electron chi connectivity index (χ2n) is 7.71. The zero-order valence-electron chi connectivity index (χ0n) is 13.0. The molecule has 0 radical (unpaired) electrons. The van der Waals surface area contributed by atoms with Gasteiger partial charge in [0, 0.05) is 0 Å². The Hall–Kier alpha value is -0.970. The summed E-state index contributed by atoms with van der Waals surface area (Å²) in [6, 6.07) is 0. The number of hydrogen-bond acceptors (Lipinski definition) is 4. The molecular weight excluding hydrogens is 375 g/mol. The Labute approximate surface area is 140 Å². The van der Waals surface area contributed by atoms with Gasteiger partial charge in [0.1, 0.15) is 0 Å². The highest BCUT2D eigenvalue weighted by molar-refractivity contribution is 7.86. The average molecular weight is 392 g/mol. The maximum absolute atomic E-state index is 13.6. The van der Waals surface area contributed by atoms with E-state index in [-0.39, 0.29) is 37.5 Å². The van der Waals surface area contributed by atoms with Gasteiger partial charge in [-0.2, -0.15) is 30.4 Å². The van der Waals surface area contributed by atoms with Crippen LogP contribution >= 0.6 is 0 Å². The molecule has 5 nitrogen and oxygen atoms in total. The summed E-state index contributed by atoms with van der Waals surface area (Å²) < 4.78 is 101. The Morgan fingerprint density at radius 3 is 2.04 bits per heavy atom. The van der Waals surface area contributed by atoms with E-state index in [4.69, 9.17) is 4.55 Å². The summed E-state index contributed by atoms with van der Waals surface area (Å²) in [4.78, 5) is 12.3. The normalized spacial score (nSPS) is 38.0. The SMILES string of the molecule is O=C(OCC(F)(F)S(=O)(=O)O)C12CC3CC(C1)CC(C(F)(F)F)(C3)C2. The van der Waals surface area contributed by atoms with Gasteiger partial charge in [-0.1, -0.05) is 0 Å². The number of alkyl halides is 5. The van der Waals surface area contributed by atoms with Crippen LogP contribution in [-0.2, 0) is 19.6 Å². The third-order valence-corrected chi connectivity index (χ3v) is 6.72. The Morgan fingerprint density at radius 2 is 1.60 bits per heavy atom. The summed E-state index contributed by atoms with van der Waals surface area (Å²) in [5.74, 6) is -1.91. The Balaban J connectivity index is 1.81. The second-order valence-corrected chi connectivity index (χ2v) is 9.26. The van der Waals surface area contributed by atoms with Crippen LogP contribution in [-0.4, -0.2) is 37.0 Å². The highest BCUT2D eigenvalue weighted by Gasteiger charge is 2.69. The van der Waals surface area contributed by atoms with Crippen molar-refractivity contribution in [3.63, 3.8) is 0 Å². The molecule has 4 aliphatic carbocycles. The molecule has 0 amide bonds. The maximum atomic E-state index is 13.6. The summed E-state index contributed by atoms with van der Waals surface area (Å²) in [6.45, 7) is -1.92. The number of esters is 1. The third-order valence-electron chi connectivity index (χ3n) is 5.84. The summed E-state index contributed by atoms with van der Waals surface area (Å²) in [7, 11) is -5.78. The number of ether oxygens (including phenoxy) is 1. The molecule has 0 saturated heterocycles. The van der Waals surface area contributed by atoms with E-state index in [0.29, 0.717) is 6.42 Å². The average Bonchev–Trinajstić information content (AvgIpc) is 2.41. The highest BCUT2D eigenvalue weighted by atomic mass is 32.2. The molecule has 11 heteroatoms. The lowest BCUT2D eigenvalue weighted by Crippen LogP contribution is -2.60. The Morgan fingerprint density at radius 1 is 1.08 bits per heavy atom. The van der Waals surface area contributed by atoms with Crippen LogP contribution in [0.3, 0.4) is 0 Å². The van der Waals surface area contributed by atoms with Crippen LogP contribution in [0, 0.1) is 22.7 Å². The first kappa shape index (κ1) is 18.8. The summed E-state index contributed by atoms with van der Waals surface area (Å²) >= 11 is 0. The molecule has 0 aromatic carbocycles. The van der Waals surface area contributed by atoms with Crippen molar-refractivity contribution >= 4 is 16.1 Å². The van der Waals surface area contributed by atoms with Crippen molar-refractivity contribution < 1.29 is 44.5 Å². The topological polar surface area (TPSA) is 80.7 Å². The number of rotatable bonds is 4. The zero-order chi connectivity index (χ0) is 18.9. The van der Waals surface area contributed by atoms with Crippen molar-refractivity contribution in [2.45, 2.75) is 50.0 Å². The largest absolute Gasteiger partial charge is 0.458 e. The second kappa shape index (κ2) is 5.28. The van der Waals surface area contributed by atoms with Crippen molar-refractivity contribution in [2.75, 3.05) is 6.61 Å². The maximum Gasteiger partial charge on any atom is 0.402 e. The number of carbonyl (C=O) groups is 1. The lowest BCUT2D eigenvalue weighted by molar-refractivity contribution is -0.286. The van der Waals surface area contributed by atoms with Gasteiger partial charge in [-0.3, -0.25) is 9.35 Å². The molecule has 0 aromatic rings. The molecular formula is C14H17F5O5S. The number of halogens is 5. The molecule has 1 N–H and O–H groups in total. The Kier molecular flexibility index (Phi) is 3.97. The molecule has 0 aromatic heterocycles. The quantitative estimate of drug-likeness (QED) is 0.452. The zero-order valence-corrected chi connectivity index (χ0v) is 13.8. The minimum absolute atomic E-state index is 0.0801. The fourth-order valence-corrected chi connectivity index (χ4v) is 5.42. The van der Waals surface area contributed by atoms with Gasteiger partial charge < -0.3 is 4.74 Å². The van der Waals surface area contributed by atoms with Gasteiger partial charge in [0.15, 0.2) is 6.61 Å². The van der Waals surface area contributed by atoms with Crippen LogP contribution in [0.2, 0.25) is 0 Å². The minimum Gasteiger partial charge on any atom is -0.458 e. The first-order chi connectivity index (χ1) is 11.2. The van der Waals surface area contributed by atoms with Crippen LogP contribution in [0.5, 0.6) is 0 Å². The van der Waals surface area contributed by atoms with Crippen molar-refractivity contribution in [3.05, 3.63) is 0 Å². The minimum atomic E-state index is -5.78. The number of carbonyl (C=O) groups excluding carboxylic acids is 1. The summed E-state index contributed by atoms with van der Waals surface area (Å²) in [6.07, 6.45) is -4.38. The van der Waals surface area contributed by atoms with Gasteiger partial charge in [-0.15, -0.1) is 0 Å². The molecule has 4 bridgehead atoms. The van der Waals surface area contributed by atoms with Crippen LogP contribution < -0.4 is 0 Å². The van der Waals surface area contributed by atoms with Gasteiger partial charge in [-0.25, -0.2) is 0 Å². The van der Waals surface area contributed by atoms with Gasteiger partial charge in [-0.05, 0) is 50.4 Å². The van der Waals surface area contributed by atoms with E-state index < -0.39 is 51.4 Å². The number of hydrogen-bond donors (Lipinski definition) is 1. The third kappa shape index (κ3) is 2.92.